The molecule has 0 saturated heterocycles. The summed E-state index contributed by atoms with van der Waals surface area (Å²) in [5.41, 5.74) is -1.35. The predicted molar refractivity (Wildman–Crippen MR) is 109 cm³/mol. The van der Waals surface area contributed by atoms with E-state index in [-0.39, 0.29) is 22.3 Å². The van der Waals surface area contributed by atoms with Crippen molar-refractivity contribution in [2.75, 3.05) is 0 Å². The number of phenolic OH excluding ortho intramolecular Hbond substituents is 1. The zero-order chi connectivity index (χ0) is 21.4. The smallest absolute Gasteiger partial charge is 0.357 e. The monoisotopic (exact) mass is 387 g/mol. The maximum Gasteiger partial charge on any atom is 0.357 e. The van der Waals surface area contributed by atoms with E-state index in [4.69, 9.17) is 0 Å². The molecular formula is C20H25N3O5. The van der Waals surface area contributed by atoms with Gasteiger partial charge in [0.2, 0.25) is 0 Å². The first-order valence-electron chi connectivity index (χ1n) is 8.79. The minimum atomic E-state index is -1.06. The van der Waals surface area contributed by atoms with Crippen molar-refractivity contribution in [2.45, 2.75) is 52.4 Å². The van der Waals surface area contributed by atoms with Gasteiger partial charge in [0.15, 0.2) is 0 Å². The molecule has 0 aliphatic carbocycles. The molecule has 0 unspecified atom stereocenters. The summed E-state index contributed by atoms with van der Waals surface area (Å²) in [6, 6.07) is 3.58. The van der Waals surface area contributed by atoms with Crippen LogP contribution in [-0.4, -0.2) is 20.0 Å². The van der Waals surface area contributed by atoms with Crippen LogP contribution in [0.2, 0.25) is 0 Å². The highest BCUT2D eigenvalue weighted by Gasteiger charge is 2.26. The number of hydrogen-bond acceptors (Lipinski definition) is 5. The van der Waals surface area contributed by atoms with E-state index in [1.807, 2.05) is 46.5 Å². The van der Waals surface area contributed by atoms with Crippen LogP contribution in [0.3, 0.4) is 0 Å². The van der Waals surface area contributed by atoms with Crippen LogP contribution in [-0.2, 0) is 10.8 Å². The molecule has 0 fully saturated rings. The highest BCUT2D eigenvalue weighted by Crippen LogP contribution is 2.40. The number of benzene rings is 1. The second kappa shape index (κ2) is 7.10. The molecule has 28 heavy (non-hydrogen) atoms. The molecule has 0 bridgehead atoms. The number of aromatic nitrogens is 2. The Labute approximate surface area is 162 Å². The minimum absolute atomic E-state index is 0.193. The molecule has 0 atom stereocenters. The Hall–Kier alpha value is -3.16. The molecular weight excluding hydrogens is 362 g/mol. The average Bonchev–Trinajstić information content (AvgIpc) is 2.50. The third-order valence-corrected chi connectivity index (χ3v) is 4.32. The van der Waals surface area contributed by atoms with Gasteiger partial charge >= 0.3 is 16.9 Å². The summed E-state index contributed by atoms with van der Waals surface area (Å²) < 4.78 is 0. The Kier molecular flexibility index (Phi) is 5.36. The molecule has 1 aromatic carbocycles. The van der Waals surface area contributed by atoms with Crippen molar-refractivity contribution in [1.29, 1.82) is 0 Å². The van der Waals surface area contributed by atoms with E-state index >= 15 is 0 Å². The van der Waals surface area contributed by atoms with Crippen LogP contribution in [0.1, 0.15) is 63.9 Å². The second-order valence-corrected chi connectivity index (χ2v) is 8.73. The van der Waals surface area contributed by atoms with Crippen molar-refractivity contribution in [3.8, 4) is 5.75 Å². The van der Waals surface area contributed by atoms with Gasteiger partial charge in [-0.05, 0) is 34.6 Å². The van der Waals surface area contributed by atoms with E-state index in [0.717, 1.165) is 11.1 Å². The highest BCUT2D eigenvalue weighted by molar-refractivity contribution is 5.73. The molecule has 0 amide bonds. The summed E-state index contributed by atoms with van der Waals surface area (Å²) in [6.45, 7) is 11.8. The van der Waals surface area contributed by atoms with E-state index in [9.17, 15) is 24.8 Å². The third kappa shape index (κ3) is 4.39. The highest BCUT2D eigenvalue weighted by atomic mass is 16.6. The van der Waals surface area contributed by atoms with Crippen LogP contribution in [0.4, 0.5) is 5.69 Å². The van der Waals surface area contributed by atoms with E-state index in [1.165, 1.54) is 6.08 Å². The van der Waals surface area contributed by atoms with E-state index in [0.29, 0.717) is 5.56 Å². The van der Waals surface area contributed by atoms with Gasteiger partial charge in [0.1, 0.15) is 11.4 Å². The third-order valence-electron chi connectivity index (χ3n) is 4.32. The van der Waals surface area contributed by atoms with Crippen LogP contribution in [0.5, 0.6) is 5.75 Å². The van der Waals surface area contributed by atoms with Gasteiger partial charge in [-0.3, -0.25) is 19.9 Å². The summed E-state index contributed by atoms with van der Waals surface area (Å²) >= 11 is 0. The number of nitrogens with zero attached hydrogens (tertiary/aromatic N) is 1. The van der Waals surface area contributed by atoms with Crippen molar-refractivity contribution in [3.05, 3.63) is 65.5 Å². The number of aromatic hydroxyl groups is 1. The Morgan fingerprint density at radius 2 is 1.46 bits per heavy atom. The Morgan fingerprint density at radius 3 is 1.89 bits per heavy atom. The molecule has 0 spiro atoms. The molecule has 0 aliphatic heterocycles. The van der Waals surface area contributed by atoms with Crippen LogP contribution >= 0.6 is 0 Å². The van der Waals surface area contributed by atoms with E-state index < -0.39 is 21.9 Å². The SMILES string of the molecule is CC(C)(C)c1cc(/C=C/c2[nH]c(=O)[nH]c(=O)c2[N+](=O)[O-])cc(C(C)(C)C)c1O. The molecule has 1 heterocycles. The largest absolute Gasteiger partial charge is 0.507 e. The number of nitro groups is 1. The summed E-state index contributed by atoms with van der Waals surface area (Å²) in [7, 11) is 0. The number of hydrogen-bond donors (Lipinski definition) is 3. The maximum absolute atomic E-state index is 11.7. The van der Waals surface area contributed by atoms with Gasteiger partial charge in [-0.1, -0.05) is 47.6 Å². The first kappa shape index (κ1) is 21.1. The molecule has 0 radical (unpaired) electrons. The zero-order valence-electron chi connectivity index (χ0n) is 16.8. The quantitative estimate of drug-likeness (QED) is 0.549. The molecule has 1 aromatic heterocycles. The second-order valence-electron chi connectivity index (χ2n) is 8.73. The number of aromatic amines is 2. The first-order chi connectivity index (χ1) is 12.7. The Balaban J connectivity index is 2.70. The van der Waals surface area contributed by atoms with Gasteiger partial charge in [-0.15, -0.1) is 0 Å². The summed E-state index contributed by atoms with van der Waals surface area (Å²) in [5.74, 6) is 0.215. The van der Waals surface area contributed by atoms with Crippen molar-refractivity contribution < 1.29 is 10.0 Å². The van der Waals surface area contributed by atoms with Gasteiger partial charge < -0.3 is 10.1 Å². The van der Waals surface area contributed by atoms with Crippen molar-refractivity contribution in [3.63, 3.8) is 0 Å². The molecule has 3 N–H and O–H groups in total. The van der Waals surface area contributed by atoms with Crippen molar-refractivity contribution in [1.82, 2.24) is 9.97 Å². The lowest BCUT2D eigenvalue weighted by Crippen LogP contribution is -2.25. The van der Waals surface area contributed by atoms with Gasteiger partial charge in [0.25, 0.3) is 0 Å². The fourth-order valence-electron chi connectivity index (χ4n) is 2.88. The lowest BCUT2D eigenvalue weighted by Gasteiger charge is -2.27. The number of phenols is 1. The topological polar surface area (TPSA) is 129 Å². The predicted octanol–water partition coefficient (Wildman–Crippen LogP) is 3.44. The lowest BCUT2D eigenvalue weighted by molar-refractivity contribution is -0.386. The van der Waals surface area contributed by atoms with Gasteiger partial charge in [-0.25, -0.2) is 4.79 Å². The van der Waals surface area contributed by atoms with Crippen LogP contribution < -0.4 is 11.2 Å². The normalized spacial score (nSPS) is 12.5. The molecule has 2 aromatic rings. The first-order valence-corrected chi connectivity index (χ1v) is 8.79. The molecule has 8 heteroatoms. The van der Waals surface area contributed by atoms with Gasteiger partial charge in [0.05, 0.1) is 4.92 Å². The van der Waals surface area contributed by atoms with Crippen LogP contribution in [0.15, 0.2) is 21.7 Å². The summed E-state index contributed by atoms with van der Waals surface area (Å²) in [6.07, 6.45) is 2.89. The minimum Gasteiger partial charge on any atom is -0.507 e. The molecule has 2 rings (SSSR count). The van der Waals surface area contributed by atoms with Gasteiger partial charge in [-0.2, -0.15) is 0 Å². The lowest BCUT2D eigenvalue weighted by atomic mass is 9.78. The van der Waals surface area contributed by atoms with E-state index in [2.05, 4.69) is 4.98 Å². The average molecular weight is 387 g/mol. The number of H-pyrrole nitrogens is 2. The number of rotatable bonds is 3. The Bertz CT molecular complexity index is 1030. The van der Waals surface area contributed by atoms with Crippen molar-refractivity contribution >= 4 is 17.8 Å². The zero-order valence-corrected chi connectivity index (χ0v) is 16.8. The molecule has 150 valence electrons. The van der Waals surface area contributed by atoms with Crippen molar-refractivity contribution in [2.24, 2.45) is 0 Å². The van der Waals surface area contributed by atoms with Gasteiger partial charge in [0, 0.05) is 11.1 Å². The summed E-state index contributed by atoms with van der Waals surface area (Å²) in [5, 5.41) is 21.9. The number of nitrogens with one attached hydrogen (secondary N) is 2. The molecule has 8 nitrogen and oxygen atoms in total. The Morgan fingerprint density at radius 1 is 0.964 bits per heavy atom. The van der Waals surface area contributed by atoms with Crippen LogP contribution in [0, 0.1) is 10.1 Å². The maximum atomic E-state index is 11.7. The summed E-state index contributed by atoms with van der Waals surface area (Å²) in [4.78, 5) is 37.7. The standard InChI is InChI=1S/C20H25N3O5/c1-19(2,3)12-9-11(10-13(16(12)24)20(4,5)6)7-8-14-15(23(27)28)17(25)22-18(26)21-14/h7-10,24H,1-6H3,(H2,21,22,25,26)/b8-7+. The van der Waals surface area contributed by atoms with E-state index in [1.54, 1.807) is 18.2 Å². The fourth-order valence-corrected chi connectivity index (χ4v) is 2.88. The molecule has 0 aliphatic rings. The van der Waals surface area contributed by atoms with Crippen LogP contribution in [0.25, 0.3) is 12.2 Å². The molecule has 0 saturated carbocycles. The fraction of sp³-hybridized carbons (Fsp3) is 0.400.